The molecule has 8 heteroatoms. The highest BCUT2D eigenvalue weighted by Gasteiger charge is 2.30. The number of carbonyl (C=O) groups excluding carboxylic acids is 4. The van der Waals surface area contributed by atoms with Crippen molar-refractivity contribution in [3.63, 3.8) is 0 Å². The molecule has 0 atom stereocenters. The van der Waals surface area contributed by atoms with Crippen LogP contribution in [-0.4, -0.2) is 54.8 Å². The zero-order chi connectivity index (χ0) is 18.5. The summed E-state index contributed by atoms with van der Waals surface area (Å²) in [5.41, 5.74) is 1.56. The molecule has 26 heavy (non-hydrogen) atoms. The van der Waals surface area contributed by atoms with Gasteiger partial charge in [0.15, 0.2) is 0 Å². The molecule has 1 aromatic carbocycles. The van der Waals surface area contributed by atoms with Gasteiger partial charge in [-0.15, -0.1) is 0 Å². The van der Waals surface area contributed by atoms with E-state index in [0.29, 0.717) is 13.1 Å². The van der Waals surface area contributed by atoms with Gasteiger partial charge in [-0.1, -0.05) is 11.8 Å². The van der Waals surface area contributed by atoms with Gasteiger partial charge in [-0.25, -0.2) is 4.79 Å². The Hall–Kier alpha value is -3.34. The van der Waals surface area contributed by atoms with E-state index in [2.05, 4.69) is 22.5 Å². The number of nitrogens with zero attached hydrogens (tertiary/aromatic N) is 2. The molecule has 8 nitrogen and oxygen atoms in total. The molecule has 0 aliphatic carbocycles. The van der Waals surface area contributed by atoms with Crippen LogP contribution < -0.4 is 15.5 Å². The van der Waals surface area contributed by atoms with E-state index < -0.39 is 5.91 Å². The normalized spacial score (nSPS) is 16.4. The van der Waals surface area contributed by atoms with E-state index >= 15 is 0 Å². The van der Waals surface area contributed by atoms with Crippen LogP contribution in [0.1, 0.15) is 18.4 Å². The van der Waals surface area contributed by atoms with Gasteiger partial charge in [-0.05, 0) is 24.3 Å². The number of hydrogen-bond acceptors (Lipinski definition) is 4. The van der Waals surface area contributed by atoms with Crippen molar-refractivity contribution in [3.8, 4) is 11.8 Å². The zero-order valence-electron chi connectivity index (χ0n) is 14.1. The van der Waals surface area contributed by atoms with Crippen molar-refractivity contribution in [1.29, 1.82) is 0 Å². The van der Waals surface area contributed by atoms with Crippen LogP contribution in [0.2, 0.25) is 0 Å². The predicted molar refractivity (Wildman–Crippen MR) is 93.0 cm³/mol. The number of benzene rings is 1. The summed E-state index contributed by atoms with van der Waals surface area (Å²) in [4.78, 5) is 48.9. The van der Waals surface area contributed by atoms with Crippen LogP contribution >= 0.6 is 0 Å². The maximum atomic E-state index is 11.8. The Bertz CT molecular complexity index is 791. The number of likely N-dealkylation sites (tertiary alicyclic amines) is 1. The van der Waals surface area contributed by atoms with Crippen LogP contribution in [0.25, 0.3) is 0 Å². The van der Waals surface area contributed by atoms with Crippen molar-refractivity contribution in [2.45, 2.75) is 12.8 Å². The minimum atomic E-state index is -0.418. The summed E-state index contributed by atoms with van der Waals surface area (Å²) in [6.07, 6.45) is 0.335. The Morgan fingerprint density at radius 3 is 2.42 bits per heavy atom. The van der Waals surface area contributed by atoms with Crippen molar-refractivity contribution in [2.75, 3.05) is 31.1 Å². The van der Waals surface area contributed by atoms with E-state index in [1.807, 2.05) is 12.1 Å². The number of imide groups is 1. The summed E-state index contributed by atoms with van der Waals surface area (Å²) >= 11 is 0. The second-order valence-corrected chi connectivity index (χ2v) is 5.88. The number of nitrogens with one attached hydrogen (secondary N) is 2. The van der Waals surface area contributed by atoms with Gasteiger partial charge in [0.2, 0.25) is 17.7 Å². The van der Waals surface area contributed by atoms with E-state index in [4.69, 9.17) is 0 Å². The fourth-order valence-corrected chi connectivity index (χ4v) is 2.73. The van der Waals surface area contributed by atoms with Crippen LogP contribution in [0.3, 0.4) is 0 Å². The second kappa shape index (κ2) is 7.70. The van der Waals surface area contributed by atoms with Crippen LogP contribution in [0.15, 0.2) is 24.3 Å². The average Bonchev–Trinajstić information content (AvgIpc) is 3.20. The Balaban J connectivity index is 1.47. The summed E-state index contributed by atoms with van der Waals surface area (Å²) in [5.74, 6) is 4.67. The molecular formula is C18H18N4O4. The Morgan fingerprint density at radius 2 is 1.81 bits per heavy atom. The maximum Gasteiger partial charge on any atom is 0.321 e. The Labute approximate surface area is 150 Å². The van der Waals surface area contributed by atoms with Gasteiger partial charge in [-0.3, -0.25) is 24.2 Å². The third-order valence-corrected chi connectivity index (χ3v) is 4.10. The van der Waals surface area contributed by atoms with Crippen LogP contribution in [-0.2, 0) is 14.4 Å². The van der Waals surface area contributed by atoms with Gasteiger partial charge in [0.1, 0.15) is 6.54 Å². The smallest absolute Gasteiger partial charge is 0.321 e. The molecule has 5 amide bonds. The molecule has 2 aliphatic rings. The van der Waals surface area contributed by atoms with E-state index in [1.54, 1.807) is 17.0 Å². The number of urea groups is 1. The molecule has 2 aliphatic heterocycles. The first-order chi connectivity index (χ1) is 12.5. The highest BCUT2D eigenvalue weighted by atomic mass is 16.2. The van der Waals surface area contributed by atoms with Crippen molar-refractivity contribution in [1.82, 2.24) is 15.5 Å². The SMILES string of the molecule is O=C(CN1C(=O)CCC1=O)NCC#Cc1ccc(N2CCNC2=O)cc1. The molecule has 2 N–H and O–H groups in total. The summed E-state index contributed by atoms with van der Waals surface area (Å²) in [6.45, 7) is 1.13. The molecule has 0 aromatic heterocycles. The lowest BCUT2D eigenvalue weighted by molar-refractivity contribution is -0.142. The van der Waals surface area contributed by atoms with Crippen molar-refractivity contribution < 1.29 is 19.2 Å². The zero-order valence-corrected chi connectivity index (χ0v) is 14.1. The number of amides is 5. The van der Waals surface area contributed by atoms with Gasteiger partial charge >= 0.3 is 6.03 Å². The topological polar surface area (TPSA) is 98.8 Å². The molecule has 0 bridgehead atoms. The number of carbonyl (C=O) groups is 4. The van der Waals surface area contributed by atoms with Crippen LogP contribution in [0.5, 0.6) is 0 Å². The lowest BCUT2D eigenvalue weighted by atomic mass is 10.2. The van der Waals surface area contributed by atoms with Gasteiger partial charge < -0.3 is 10.6 Å². The van der Waals surface area contributed by atoms with Gasteiger partial charge in [0, 0.05) is 37.2 Å². The molecular weight excluding hydrogens is 336 g/mol. The molecule has 2 fully saturated rings. The van der Waals surface area contributed by atoms with Crippen molar-refractivity contribution >= 4 is 29.4 Å². The molecule has 1 aromatic rings. The number of anilines is 1. The highest BCUT2D eigenvalue weighted by molar-refractivity contribution is 6.04. The molecule has 2 heterocycles. The maximum absolute atomic E-state index is 11.8. The molecule has 0 saturated carbocycles. The molecule has 0 radical (unpaired) electrons. The molecule has 2 saturated heterocycles. The van der Waals surface area contributed by atoms with Gasteiger partial charge in [-0.2, -0.15) is 0 Å². The van der Waals surface area contributed by atoms with E-state index in [-0.39, 0.29) is 43.8 Å². The molecule has 0 unspecified atom stereocenters. The standard InChI is InChI=1S/C18H18N4O4/c23-15(12-22-16(24)7-8-17(22)25)19-9-1-2-13-3-5-14(6-4-13)21-11-10-20-18(21)26/h3-6H,7-12H2,(H,19,23)(H,20,26). The first-order valence-corrected chi connectivity index (χ1v) is 8.29. The van der Waals surface area contributed by atoms with Gasteiger partial charge in [0.25, 0.3) is 0 Å². The number of rotatable bonds is 4. The van der Waals surface area contributed by atoms with Gasteiger partial charge in [0.05, 0.1) is 6.54 Å². The summed E-state index contributed by atoms with van der Waals surface area (Å²) in [6, 6.07) is 7.13. The van der Waals surface area contributed by atoms with E-state index in [1.165, 1.54) is 0 Å². The lowest BCUT2D eigenvalue weighted by Gasteiger charge is -2.13. The van der Waals surface area contributed by atoms with E-state index in [0.717, 1.165) is 16.2 Å². The summed E-state index contributed by atoms with van der Waals surface area (Å²) in [5, 5.41) is 5.30. The van der Waals surface area contributed by atoms with Crippen LogP contribution in [0.4, 0.5) is 10.5 Å². The Kier molecular flexibility index (Phi) is 5.17. The summed E-state index contributed by atoms with van der Waals surface area (Å²) in [7, 11) is 0. The largest absolute Gasteiger partial charge is 0.344 e. The summed E-state index contributed by atoms with van der Waals surface area (Å²) < 4.78 is 0. The fraction of sp³-hybridized carbons (Fsp3) is 0.333. The quantitative estimate of drug-likeness (QED) is 0.579. The molecule has 3 rings (SSSR count). The number of hydrogen-bond donors (Lipinski definition) is 2. The first-order valence-electron chi connectivity index (χ1n) is 8.29. The van der Waals surface area contributed by atoms with Crippen molar-refractivity contribution in [2.24, 2.45) is 0 Å². The highest BCUT2D eigenvalue weighted by Crippen LogP contribution is 2.16. The third-order valence-electron chi connectivity index (χ3n) is 4.10. The lowest BCUT2D eigenvalue weighted by Crippen LogP contribution is -2.40. The van der Waals surface area contributed by atoms with E-state index in [9.17, 15) is 19.2 Å². The molecule has 134 valence electrons. The molecule has 0 spiro atoms. The van der Waals surface area contributed by atoms with Crippen molar-refractivity contribution in [3.05, 3.63) is 29.8 Å². The minimum absolute atomic E-state index is 0.110. The van der Waals surface area contributed by atoms with Crippen LogP contribution in [0, 0.1) is 11.8 Å². The monoisotopic (exact) mass is 354 g/mol. The first kappa shape index (κ1) is 17.5. The second-order valence-electron chi connectivity index (χ2n) is 5.88. The average molecular weight is 354 g/mol. The predicted octanol–water partition coefficient (Wildman–Crippen LogP) is -0.167. The minimum Gasteiger partial charge on any atom is -0.344 e. The third kappa shape index (κ3) is 4.00. The Morgan fingerprint density at radius 1 is 1.12 bits per heavy atom. The fourth-order valence-electron chi connectivity index (χ4n) is 2.73.